The average Bonchev–Trinajstić information content (AvgIpc) is 2.39. The summed E-state index contributed by atoms with van der Waals surface area (Å²) in [5.41, 5.74) is 0.912. The minimum atomic E-state index is -0.770. The maximum atomic E-state index is 4.19. The predicted octanol–water partition coefficient (Wildman–Crippen LogP) is 2.27. The van der Waals surface area contributed by atoms with E-state index in [1.165, 1.54) is 6.42 Å². The second-order valence-corrected chi connectivity index (χ2v) is 7.70. The Morgan fingerprint density at radius 2 is 2.11 bits per heavy atom. The van der Waals surface area contributed by atoms with E-state index in [2.05, 4.69) is 32.3 Å². The molecule has 1 aliphatic rings. The fourth-order valence-corrected chi connectivity index (χ4v) is 3.23. The van der Waals surface area contributed by atoms with Crippen LogP contribution in [0.5, 0.6) is 0 Å². The van der Waals surface area contributed by atoms with Gasteiger partial charge in [0.2, 0.25) is 0 Å². The zero-order valence-corrected chi connectivity index (χ0v) is 7.20. The average molecular weight is 142 g/mol. The Balaban J connectivity index is 2.52. The van der Waals surface area contributed by atoms with E-state index in [-0.39, 0.29) is 0 Å². The maximum absolute atomic E-state index is 4.19. The van der Waals surface area contributed by atoms with Crippen LogP contribution in [0.1, 0.15) is 6.42 Å². The van der Waals surface area contributed by atoms with E-state index in [0.29, 0.717) is 0 Å². The molecule has 1 unspecified atom stereocenters. The lowest BCUT2D eigenvalue weighted by atomic mass is 10.4. The van der Waals surface area contributed by atoms with Gasteiger partial charge in [-0.3, -0.25) is 0 Å². The Morgan fingerprint density at radius 3 is 2.22 bits per heavy atom. The van der Waals surface area contributed by atoms with Crippen molar-refractivity contribution >= 4 is 13.2 Å². The van der Waals surface area contributed by atoms with Crippen LogP contribution < -0.4 is 0 Å². The number of hydrogen-bond acceptors (Lipinski definition) is 0. The van der Waals surface area contributed by atoms with Crippen molar-refractivity contribution in [2.24, 2.45) is 5.92 Å². The lowest BCUT2D eigenvalue weighted by Crippen LogP contribution is -1.86. The Hall–Kier alpha value is 0.0400. The van der Waals surface area contributed by atoms with Crippen LogP contribution in [0.4, 0.5) is 0 Å². The largest absolute Gasteiger partial charge is 0.114 e. The van der Waals surface area contributed by atoms with Gasteiger partial charge in [0, 0.05) is 0 Å². The molecule has 1 heteroatoms. The summed E-state index contributed by atoms with van der Waals surface area (Å²) in [6.07, 6.45) is 7.63. The third-order valence-corrected chi connectivity index (χ3v) is 4.39. The van der Waals surface area contributed by atoms with Crippen LogP contribution in [-0.2, 0) is 0 Å². The van der Waals surface area contributed by atoms with E-state index in [0.717, 1.165) is 11.6 Å². The van der Waals surface area contributed by atoms with Crippen molar-refractivity contribution in [3.05, 3.63) is 12.7 Å². The predicted molar refractivity (Wildman–Crippen MR) is 48.0 cm³/mol. The highest BCUT2D eigenvalue weighted by Gasteiger charge is 2.38. The summed E-state index contributed by atoms with van der Waals surface area (Å²) < 4.78 is 0. The van der Waals surface area contributed by atoms with E-state index < -0.39 is 6.89 Å². The lowest BCUT2D eigenvalue weighted by Gasteiger charge is -2.09. The zero-order chi connectivity index (χ0) is 7.07. The Morgan fingerprint density at radius 1 is 1.56 bits per heavy atom. The number of hydrogen-bond donors (Lipinski definition) is 0. The maximum Gasteiger partial charge on any atom is -0.0151 e. The van der Waals surface area contributed by atoms with Gasteiger partial charge < -0.3 is 0 Å². The van der Waals surface area contributed by atoms with Crippen molar-refractivity contribution in [1.29, 1.82) is 0 Å². The molecule has 0 N–H and O–H groups in total. The highest BCUT2D eigenvalue weighted by molar-refractivity contribution is 7.73. The van der Waals surface area contributed by atoms with E-state index in [4.69, 9.17) is 0 Å². The molecule has 0 aromatic carbocycles. The molecule has 0 radical (unpaired) electrons. The van der Waals surface area contributed by atoms with E-state index >= 15 is 0 Å². The molecule has 0 bridgehead atoms. The van der Waals surface area contributed by atoms with Crippen LogP contribution in [-0.4, -0.2) is 25.3 Å². The molecule has 9 heavy (non-hydrogen) atoms. The highest BCUT2D eigenvalue weighted by Crippen LogP contribution is 2.58. The standard InChI is InChI=1S/C8H15P/c1-5-7-6-8(7)9(2,3)4/h5,7-8H,1-2,6H2,3-4H3/t7-,8?/m1/s1. The summed E-state index contributed by atoms with van der Waals surface area (Å²) in [5.74, 6) is 0.811. The van der Waals surface area contributed by atoms with Gasteiger partial charge in [0.15, 0.2) is 0 Å². The first-order valence-corrected chi connectivity index (χ1v) is 6.30. The van der Waals surface area contributed by atoms with Crippen molar-refractivity contribution in [3.63, 3.8) is 0 Å². The summed E-state index contributed by atoms with van der Waals surface area (Å²) in [7, 11) is 0. The van der Waals surface area contributed by atoms with Gasteiger partial charge >= 0.3 is 0 Å². The third kappa shape index (κ3) is 1.49. The molecule has 52 valence electrons. The fraction of sp³-hybridized carbons (Fsp3) is 0.625. The molecule has 0 nitrogen and oxygen atoms in total. The molecule has 1 rings (SSSR count). The van der Waals surface area contributed by atoms with Gasteiger partial charge in [-0.25, -0.2) is 0 Å². The molecule has 1 fully saturated rings. The number of allylic oxidation sites excluding steroid dienone is 1. The van der Waals surface area contributed by atoms with Crippen molar-refractivity contribution in [1.82, 2.24) is 0 Å². The molecule has 0 aromatic heterocycles. The molecule has 0 amide bonds. The molecule has 1 saturated carbocycles. The van der Waals surface area contributed by atoms with Gasteiger partial charge in [0.25, 0.3) is 0 Å². The quantitative estimate of drug-likeness (QED) is 0.410. The van der Waals surface area contributed by atoms with Gasteiger partial charge in [-0.2, -0.15) is 0 Å². The van der Waals surface area contributed by atoms with Crippen molar-refractivity contribution in [2.45, 2.75) is 12.1 Å². The van der Waals surface area contributed by atoms with E-state index in [9.17, 15) is 0 Å². The van der Waals surface area contributed by atoms with Crippen LogP contribution in [0, 0.1) is 5.92 Å². The highest BCUT2D eigenvalue weighted by atomic mass is 31.2. The summed E-state index contributed by atoms with van der Waals surface area (Å²) in [6, 6.07) is 0. The van der Waals surface area contributed by atoms with Gasteiger partial charge in [0.05, 0.1) is 0 Å². The normalized spacial score (nSPS) is 34.0. The Kier molecular flexibility index (Phi) is 1.61. The van der Waals surface area contributed by atoms with E-state index in [1.807, 2.05) is 0 Å². The van der Waals surface area contributed by atoms with Crippen molar-refractivity contribution < 1.29 is 0 Å². The van der Waals surface area contributed by atoms with E-state index in [1.54, 1.807) is 0 Å². The van der Waals surface area contributed by atoms with Crippen molar-refractivity contribution in [3.8, 4) is 0 Å². The molecule has 0 spiro atoms. The Labute approximate surface area is 57.9 Å². The van der Waals surface area contributed by atoms with Gasteiger partial charge in [-0.15, -0.1) is 19.8 Å². The van der Waals surface area contributed by atoms with Crippen LogP contribution in [0.3, 0.4) is 0 Å². The van der Waals surface area contributed by atoms with Gasteiger partial charge in [-0.05, 0) is 31.3 Å². The molecule has 0 heterocycles. The molecular weight excluding hydrogens is 127 g/mol. The summed E-state index contributed by atoms with van der Waals surface area (Å²) >= 11 is 0. The summed E-state index contributed by atoms with van der Waals surface area (Å²) in [6.45, 7) is 7.62. The van der Waals surface area contributed by atoms with Gasteiger partial charge in [-0.1, -0.05) is 6.08 Å². The second kappa shape index (κ2) is 2.02. The topological polar surface area (TPSA) is 0 Å². The zero-order valence-electron chi connectivity index (χ0n) is 6.30. The first kappa shape index (κ1) is 7.15. The first-order valence-electron chi connectivity index (χ1n) is 3.36. The SMILES string of the molecule is C=C[C@@H]1CC1P(=C)(C)C. The molecule has 1 aliphatic carbocycles. The van der Waals surface area contributed by atoms with Gasteiger partial charge in [0.1, 0.15) is 0 Å². The fourth-order valence-electron chi connectivity index (χ4n) is 1.26. The minimum absolute atomic E-state index is 0.770. The number of rotatable bonds is 2. The van der Waals surface area contributed by atoms with Crippen LogP contribution in [0.15, 0.2) is 12.7 Å². The second-order valence-electron chi connectivity index (χ2n) is 3.48. The van der Waals surface area contributed by atoms with Crippen molar-refractivity contribution in [2.75, 3.05) is 13.3 Å². The molecular formula is C8H15P. The molecule has 0 saturated heterocycles. The van der Waals surface area contributed by atoms with Crippen LogP contribution >= 0.6 is 6.89 Å². The lowest BCUT2D eigenvalue weighted by molar-refractivity contribution is 1.13. The molecule has 0 aromatic rings. The monoisotopic (exact) mass is 142 g/mol. The first-order chi connectivity index (χ1) is 4.05. The van der Waals surface area contributed by atoms with Crippen LogP contribution in [0.25, 0.3) is 0 Å². The summed E-state index contributed by atoms with van der Waals surface area (Å²) in [4.78, 5) is 0. The molecule has 2 atom stereocenters. The summed E-state index contributed by atoms with van der Waals surface area (Å²) in [5, 5.41) is 0. The Bertz CT molecular complexity index is 163. The smallest absolute Gasteiger partial charge is 0.0151 e. The van der Waals surface area contributed by atoms with Crippen LogP contribution in [0.2, 0.25) is 0 Å². The minimum Gasteiger partial charge on any atom is -0.114 e. The third-order valence-electron chi connectivity index (χ3n) is 2.01. The molecule has 0 aliphatic heterocycles.